The molecule has 0 aliphatic carbocycles. The quantitative estimate of drug-likeness (QED) is 0.771. The molecule has 2 aromatic rings. The lowest BCUT2D eigenvalue weighted by molar-refractivity contribution is 0.0698. The second-order valence-electron chi connectivity index (χ2n) is 3.66. The predicted molar refractivity (Wildman–Crippen MR) is 66.5 cm³/mol. The van der Waals surface area contributed by atoms with Crippen LogP contribution in [-0.2, 0) is 0 Å². The van der Waals surface area contributed by atoms with Crippen LogP contribution < -0.4 is 10.1 Å². The second-order valence-corrected chi connectivity index (χ2v) is 3.66. The Labute approximate surface area is 108 Å². The summed E-state index contributed by atoms with van der Waals surface area (Å²) >= 11 is 0. The molecule has 7 heteroatoms. The van der Waals surface area contributed by atoms with Gasteiger partial charge in [0.1, 0.15) is 5.75 Å². The average Bonchev–Trinajstić information content (AvgIpc) is 2.92. The molecular weight excluding hydrogens is 250 g/mol. The molecule has 1 amide bonds. The number of amides is 1. The van der Waals surface area contributed by atoms with Crippen LogP contribution in [0, 0.1) is 0 Å². The number of hydrogen-bond acceptors (Lipinski definition) is 4. The van der Waals surface area contributed by atoms with Gasteiger partial charge >= 0.3 is 5.97 Å². The molecule has 0 aliphatic heterocycles. The maximum absolute atomic E-state index is 11.8. The van der Waals surface area contributed by atoms with Gasteiger partial charge in [0, 0.05) is 12.3 Å². The van der Waals surface area contributed by atoms with Gasteiger partial charge in [-0.3, -0.25) is 9.89 Å². The highest BCUT2D eigenvalue weighted by molar-refractivity contribution is 6.07. The van der Waals surface area contributed by atoms with Gasteiger partial charge in [0.15, 0.2) is 0 Å². The van der Waals surface area contributed by atoms with Gasteiger partial charge < -0.3 is 15.2 Å². The first-order chi connectivity index (χ1) is 9.11. The summed E-state index contributed by atoms with van der Waals surface area (Å²) in [7, 11) is 1.46. The molecule has 19 heavy (non-hydrogen) atoms. The molecule has 0 saturated carbocycles. The number of H-pyrrole nitrogens is 1. The van der Waals surface area contributed by atoms with Gasteiger partial charge in [-0.15, -0.1) is 0 Å². The van der Waals surface area contributed by atoms with Crippen LogP contribution in [-0.4, -0.2) is 34.3 Å². The molecule has 0 fully saturated rings. The zero-order valence-corrected chi connectivity index (χ0v) is 10.0. The zero-order valence-electron chi connectivity index (χ0n) is 10.0. The van der Waals surface area contributed by atoms with Crippen molar-refractivity contribution < 1.29 is 19.4 Å². The minimum absolute atomic E-state index is 0.0161. The van der Waals surface area contributed by atoms with Crippen molar-refractivity contribution in [2.75, 3.05) is 12.4 Å². The van der Waals surface area contributed by atoms with Crippen molar-refractivity contribution in [3.8, 4) is 5.75 Å². The number of carboxylic acids is 1. The standard InChI is InChI=1S/C12H11N3O4/c1-19-8-2-3-9(12(17)18)10(4-8)15-11(16)7-5-13-14-6-7/h2-6H,1H3,(H,13,14)(H,15,16)(H,17,18). The summed E-state index contributed by atoms with van der Waals surface area (Å²) < 4.78 is 5.00. The maximum Gasteiger partial charge on any atom is 0.337 e. The van der Waals surface area contributed by atoms with Crippen molar-refractivity contribution in [3.05, 3.63) is 41.7 Å². The van der Waals surface area contributed by atoms with Gasteiger partial charge in [0.25, 0.3) is 5.91 Å². The highest BCUT2D eigenvalue weighted by Crippen LogP contribution is 2.23. The van der Waals surface area contributed by atoms with Crippen molar-refractivity contribution >= 4 is 17.6 Å². The fourth-order valence-corrected chi connectivity index (χ4v) is 1.51. The minimum Gasteiger partial charge on any atom is -0.497 e. The van der Waals surface area contributed by atoms with Gasteiger partial charge in [-0.05, 0) is 12.1 Å². The minimum atomic E-state index is -1.13. The van der Waals surface area contributed by atoms with Gasteiger partial charge in [-0.1, -0.05) is 0 Å². The Hall–Kier alpha value is -2.83. The summed E-state index contributed by atoms with van der Waals surface area (Å²) in [4.78, 5) is 22.9. The summed E-state index contributed by atoms with van der Waals surface area (Å²) in [6.45, 7) is 0. The van der Waals surface area contributed by atoms with Crippen LogP contribution in [0.25, 0.3) is 0 Å². The molecule has 0 aliphatic rings. The van der Waals surface area contributed by atoms with Crippen molar-refractivity contribution in [1.29, 1.82) is 0 Å². The zero-order chi connectivity index (χ0) is 13.8. The lowest BCUT2D eigenvalue weighted by Gasteiger charge is -2.09. The first kappa shape index (κ1) is 12.6. The van der Waals surface area contributed by atoms with Crippen molar-refractivity contribution in [1.82, 2.24) is 10.2 Å². The van der Waals surface area contributed by atoms with Gasteiger partial charge in [0.2, 0.25) is 0 Å². The van der Waals surface area contributed by atoms with E-state index in [1.165, 1.54) is 37.7 Å². The molecule has 0 bridgehead atoms. The third kappa shape index (κ3) is 2.71. The van der Waals surface area contributed by atoms with Crippen molar-refractivity contribution in [2.45, 2.75) is 0 Å². The summed E-state index contributed by atoms with van der Waals surface area (Å²) in [5.74, 6) is -1.14. The van der Waals surface area contributed by atoms with E-state index in [1.54, 1.807) is 0 Å². The predicted octanol–water partition coefficient (Wildman–Crippen LogP) is 1.37. The molecule has 0 atom stereocenters. The van der Waals surface area contributed by atoms with E-state index in [4.69, 9.17) is 9.84 Å². The molecule has 2 rings (SSSR count). The molecule has 1 heterocycles. The number of methoxy groups -OCH3 is 1. The van der Waals surface area contributed by atoms with Gasteiger partial charge in [-0.25, -0.2) is 4.79 Å². The summed E-state index contributed by atoms with van der Waals surface area (Å²) in [6, 6.07) is 4.32. The number of ether oxygens (including phenoxy) is 1. The van der Waals surface area contributed by atoms with E-state index >= 15 is 0 Å². The van der Waals surface area contributed by atoms with Crippen molar-refractivity contribution in [2.24, 2.45) is 0 Å². The number of aromatic amines is 1. The molecular formula is C12H11N3O4. The molecule has 0 radical (unpaired) electrons. The monoisotopic (exact) mass is 261 g/mol. The Kier molecular flexibility index (Phi) is 3.46. The Morgan fingerprint density at radius 2 is 2.21 bits per heavy atom. The molecule has 1 aromatic heterocycles. The van der Waals surface area contributed by atoms with E-state index in [-0.39, 0.29) is 11.3 Å². The number of aromatic carboxylic acids is 1. The summed E-state index contributed by atoms with van der Waals surface area (Å²) in [6.07, 6.45) is 2.76. The first-order valence-electron chi connectivity index (χ1n) is 5.33. The molecule has 1 aromatic carbocycles. The normalized spacial score (nSPS) is 9.95. The number of hydrogen-bond donors (Lipinski definition) is 3. The average molecular weight is 261 g/mol. The fraction of sp³-hybridized carbons (Fsp3) is 0.0833. The summed E-state index contributed by atoms with van der Waals surface area (Å²) in [5.41, 5.74) is 0.454. The smallest absolute Gasteiger partial charge is 0.337 e. The van der Waals surface area contributed by atoms with Crippen LogP contribution >= 0.6 is 0 Å². The highest BCUT2D eigenvalue weighted by Gasteiger charge is 2.15. The van der Waals surface area contributed by atoms with Crippen LogP contribution in [0.5, 0.6) is 5.75 Å². The second kappa shape index (κ2) is 5.21. The number of nitrogens with one attached hydrogen (secondary N) is 2. The third-order valence-corrected chi connectivity index (χ3v) is 2.47. The highest BCUT2D eigenvalue weighted by atomic mass is 16.5. The molecule has 3 N–H and O–H groups in total. The van der Waals surface area contributed by atoms with E-state index in [0.717, 1.165) is 0 Å². The largest absolute Gasteiger partial charge is 0.497 e. The fourth-order valence-electron chi connectivity index (χ4n) is 1.51. The summed E-state index contributed by atoms with van der Waals surface area (Å²) in [5, 5.41) is 17.7. The SMILES string of the molecule is COc1ccc(C(=O)O)c(NC(=O)c2cn[nH]c2)c1. The molecule has 98 valence electrons. The topological polar surface area (TPSA) is 104 Å². The molecule has 0 unspecified atom stereocenters. The Morgan fingerprint density at radius 1 is 1.42 bits per heavy atom. The number of anilines is 1. The number of benzene rings is 1. The van der Waals surface area contributed by atoms with Crippen LogP contribution in [0.15, 0.2) is 30.6 Å². The Morgan fingerprint density at radius 3 is 2.79 bits per heavy atom. The van der Waals surface area contributed by atoms with Crippen molar-refractivity contribution in [3.63, 3.8) is 0 Å². The number of nitrogens with zero attached hydrogens (tertiary/aromatic N) is 1. The number of carboxylic acid groups (broad SMARTS) is 1. The Balaban J connectivity index is 2.32. The van der Waals surface area contributed by atoms with Gasteiger partial charge in [0.05, 0.1) is 30.1 Å². The lowest BCUT2D eigenvalue weighted by atomic mass is 10.1. The Bertz CT molecular complexity index is 607. The number of carbonyl (C=O) groups excluding carboxylic acids is 1. The lowest BCUT2D eigenvalue weighted by Crippen LogP contribution is -2.14. The van der Waals surface area contributed by atoms with E-state index in [2.05, 4.69) is 15.5 Å². The van der Waals surface area contributed by atoms with E-state index < -0.39 is 11.9 Å². The van der Waals surface area contributed by atoms with Crippen LogP contribution in [0.4, 0.5) is 5.69 Å². The van der Waals surface area contributed by atoms with Crippen LogP contribution in [0.3, 0.4) is 0 Å². The van der Waals surface area contributed by atoms with Crippen LogP contribution in [0.2, 0.25) is 0 Å². The van der Waals surface area contributed by atoms with Gasteiger partial charge in [-0.2, -0.15) is 5.10 Å². The molecule has 0 spiro atoms. The van der Waals surface area contributed by atoms with Crippen LogP contribution in [0.1, 0.15) is 20.7 Å². The van der Waals surface area contributed by atoms with E-state index in [0.29, 0.717) is 11.3 Å². The number of aromatic nitrogens is 2. The maximum atomic E-state index is 11.8. The first-order valence-corrected chi connectivity index (χ1v) is 5.33. The number of rotatable bonds is 4. The molecule has 7 nitrogen and oxygen atoms in total. The third-order valence-electron chi connectivity index (χ3n) is 2.47. The van der Waals surface area contributed by atoms with E-state index in [1.807, 2.05) is 0 Å². The molecule has 0 saturated heterocycles. The number of carbonyl (C=O) groups is 2. The van der Waals surface area contributed by atoms with E-state index in [9.17, 15) is 9.59 Å².